The van der Waals surface area contributed by atoms with Crippen molar-refractivity contribution in [1.82, 2.24) is 0 Å². The van der Waals surface area contributed by atoms with Gasteiger partial charge in [-0.05, 0) is 63.5 Å². The minimum Gasteiger partial charge on any atom is -0.452 e. The molecule has 1 aliphatic carbocycles. The van der Waals surface area contributed by atoms with Gasteiger partial charge in [0.25, 0.3) is 0 Å². The Morgan fingerprint density at radius 1 is 1.38 bits per heavy atom. The normalized spacial score (nSPS) is 29.2. The predicted molar refractivity (Wildman–Crippen MR) is 82.8 cm³/mol. The third-order valence-electron chi connectivity index (χ3n) is 4.35. The van der Waals surface area contributed by atoms with E-state index in [0.717, 1.165) is 19.3 Å². The fourth-order valence-electron chi connectivity index (χ4n) is 3.35. The fraction of sp³-hybridized carbons (Fsp3) is 0.667. The third kappa shape index (κ3) is 4.05. The molecule has 0 aromatic rings. The van der Waals surface area contributed by atoms with Crippen LogP contribution in [0.5, 0.6) is 0 Å². The average Bonchev–Trinajstić information content (AvgIpc) is 2.55. The Kier molecular flexibility index (Phi) is 4.14. The van der Waals surface area contributed by atoms with Crippen molar-refractivity contribution in [2.75, 3.05) is 0 Å². The van der Waals surface area contributed by atoms with E-state index in [4.69, 9.17) is 4.74 Å². The van der Waals surface area contributed by atoms with E-state index in [9.17, 15) is 9.59 Å². The van der Waals surface area contributed by atoms with Crippen molar-refractivity contribution in [3.05, 3.63) is 23.3 Å². The molecule has 2 aliphatic rings. The number of hydrogen-bond acceptors (Lipinski definition) is 3. The highest BCUT2D eigenvalue weighted by Gasteiger charge is 2.34. The second-order valence-electron chi connectivity index (χ2n) is 7.79. The van der Waals surface area contributed by atoms with Crippen molar-refractivity contribution in [2.45, 2.75) is 65.9 Å². The molecule has 3 nitrogen and oxygen atoms in total. The maximum atomic E-state index is 12.0. The first kappa shape index (κ1) is 16.0. The first-order valence-electron chi connectivity index (χ1n) is 7.74. The molecule has 1 atom stereocenters. The van der Waals surface area contributed by atoms with Gasteiger partial charge in [0.2, 0.25) is 0 Å². The molecule has 0 amide bonds. The van der Waals surface area contributed by atoms with Gasteiger partial charge < -0.3 is 9.53 Å². The zero-order chi connectivity index (χ0) is 15.8. The molecule has 0 unspecified atom stereocenters. The monoisotopic (exact) mass is 290 g/mol. The van der Waals surface area contributed by atoms with Crippen LogP contribution in [-0.2, 0) is 14.3 Å². The van der Waals surface area contributed by atoms with Crippen molar-refractivity contribution in [3.63, 3.8) is 0 Å². The summed E-state index contributed by atoms with van der Waals surface area (Å²) < 4.78 is 5.33. The minimum atomic E-state index is -0.524. The molecule has 116 valence electrons. The average molecular weight is 290 g/mol. The van der Waals surface area contributed by atoms with Gasteiger partial charge >= 0.3 is 5.97 Å². The fourth-order valence-corrected chi connectivity index (χ4v) is 3.35. The largest absolute Gasteiger partial charge is 0.452 e. The number of ether oxygens (including phenoxy) is 1. The summed E-state index contributed by atoms with van der Waals surface area (Å²) in [6, 6.07) is 0. The van der Waals surface area contributed by atoms with Gasteiger partial charge in [0.05, 0.1) is 5.57 Å². The van der Waals surface area contributed by atoms with E-state index in [2.05, 4.69) is 13.8 Å². The van der Waals surface area contributed by atoms with Crippen LogP contribution in [0.4, 0.5) is 0 Å². The number of allylic oxidation sites excluding steroid dienone is 1. The van der Waals surface area contributed by atoms with Crippen LogP contribution in [0.2, 0.25) is 0 Å². The lowest BCUT2D eigenvalue weighted by atomic mass is 9.68. The molecule has 3 heteroatoms. The summed E-state index contributed by atoms with van der Waals surface area (Å²) in [5.74, 6) is 0.235. The number of Topliss-reactive ketones (excluding diaryl/α,β-unsaturated/α-hetero) is 1. The Morgan fingerprint density at radius 3 is 2.57 bits per heavy atom. The van der Waals surface area contributed by atoms with Gasteiger partial charge in [0, 0.05) is 6.42 Å². The lowest BCUT2D eigenvalue weighted by Crippen LogP contribution is -2.25. The molecule has 0 aromatic carbocycles. The summed E-state index contributed by atoms with van der Waals surface area (Å²) in [6.07, 6.45) is 7.52. The lowest BCUT2D eigenvalue weighted by Gasteiger charge is -2.36. The molecular formula is C18H26O3. The number of esters is 1. The highest BCUT2D eigenvalue weighted by Crippen LogP contribution is 2.43. The summed E-state index contributed by atoms with van der Waals surface area (Å²) in [5, 5.41) is 0. The van der Waals surface area contributed by atoms with Gasteiger partial charge in [-0.25, -0.2) is 4.79 Å². The van der Waals surface area contributed by atoms with Gasteiger partial charge in [0.1, 0.15) is 11.4 Å². The quantitative estimate of drug-likeness (QED) is 0.738. The molecule has 0 aromatic heterocycles. The molecule has 0 saturated heterocycles. The lowest BCUT2D eigenvalue weighted by molar-refractivity contribution is -0.143. The number of ketones is 1. The summed E-state index contributed by atoms with van der Waals surface area (Å²) in [5.41, 5.74) is 1.57. The maximum absolute atomic E-state index is 12.0. The van der Waals surface area contributed by atoms with Crippen LogP contribution >= 0.6 is 0 Å². The molecule has 2 rings (SSSR count). The Balaban J connectivity index is 2.29. The Bertz CT molecular complexity index is 521. The predicted octanol–water partition coefficient (Wildman–Crippen LogP) is 3.98. The zero-order valence-electron chi connectivity index (χ0n) is 13.8. The standard InChI is InChI=1S/C18H26O3/c1-12(19)8-13-6-7-17(2,3)10-14(13)9-15-11-18(4,5)21-16(15)20/h9,11,13H,6-8,10H2,1-5H3/b14-9-/t13-/m0/s1. The van der Waals surface area contributed by atoms with Crippen molar-refractivity contribution < 1.29 is 14.3 Å². The van der Waals surface area contributed by atoms with Gasteiger partial charge in [0.15, 0.2) is 0 Å². The number of hydrogen-bond donors (Lipinski definition) is 0. The van der Waals surface area contributed by atoms with E-state index >= 15 is 0 Å². The molecule has 1 saturated carbocycles. The second kappa shape index (κ2) is 5.43. The molecule has 0 bridgehead atoms. The van der Waals surface area contributed by atoms with Gasteiger partial charge in [-0.3, -0.25) is 0 Å². The molecular weight excluding hydrogens is 264 g/mol. The van der Waals surface area contributed by atoms with Gasteiger partial charge in [-0.1, -0.05) is 19.4 Å². The van der Waals surface area contributed by atoms with Crippen molar-refractivity contribution in [3.8, 4) is 0 Å². The van der Waals surface area contributed by atoms with Crippen LogP contribution in [-0.4, -0.2) is 17.4 Å². The van der Waals surface area contributed by atoms with Crippen LogP contribution in [0, 0.1) is 11.3 Å². The number of carbonyl (C=O) groups excluding carboxylic acids is 2. The van der Waals surface area contributed by atoms with E-state index in [0.29, 0.717) is 12.0 Å². The molecule has 0 spiro atoms. The Labute approximate surface area is 127 Å². The van der Waals surface area contributed by atoms with Crippen LogP contribution in [0.1, 0.15) is 60.3 Å². The van der Waals surface area contributed by atoms with Crippen LogP contribution < -0.4 is 0 Å². The van der Waals surface area contributed by atoms with Crippen molar-refractivity contribution in [1.29, 1.82) is 0 Å². The first-order chi connectivity index (χ1) is 9.58. The topological polar surface area (TPSA) is 43.4 Å². The van der Waals surface area contributed by atoms with E-state index in [1.54, 1.807) is 6.92 Å². The van der Waals surface area contributed by atoms with Gasteiger partial charge in [-0.15, -0.1) is 0 Å². The summed E-state index contributed by atoms with van der Waals surface area (Å²) >= 11 is 0. The first-order valence-corrected chi connectivity index (χ1v) is 7.74. The van der Waals surface area contributed by atoms with E-state index in [1.165, 1.54) is 5.57 Å². The molecule has 0 radical (unpaired) electrons. The minimum absolute atomic E-state index is 0.217. The SMILES string of the molecule is CC(=O)C[C@@H]1CCC(C)(C)C/C1=C/C1=CC(C)(C)OC1=O. The molecule has 0 N–H and O–H groups in total. The van der Waals surface area contributed by atoms with Crippen LogP contribution in [0.3, 0.4) is 0 Å². The smallest absolute Gasteiger partial charge is 0.338 e. The molecule has 1 heterocycles. The number of rotatable bonds is 3. The second-order valence-corrected chi connectivity index (χ2v) is 7.79. The molecule has 21 heavy (non-hydrogen) atoms. The number of cyclic esters (lactones) is 1. The summed E-state index contributed by atoms with van der Waals surface area (Å²) in [4.78, 5) is 23.4. The van der Waals surface area contributed by atoms with Gasteiger partial charge in [-0.2, -0.15) is 0 Å². The Morgan fingerprint density at radius 2 is 2.05 bits per heavy atom. The highest BCUT2D eigenvalue weighted by atomic mass is 16.6. The summed E-state index contributed by atoms with van der Waals surface area (Å²) in [6.45, 7) is 9.90. The molecule has 1 fully saturated rings. The highest BCUT2D eigenvalue weighted by molar-refractivity contribution is 5.94. The van der Waals surface area contributed by atoms with Crippen molar-refractivity contribution in [2.24, 2.45) is 11.3 Å². The van der Waals surface area contributed by atoms with E-state index < -0.39 is 5.60 Å². The van der Waals surface area contributed by atoms with Crippen molar-refractivity contribution >= 4 is 11.8 Å². The number of carbonyl (C=O) groups is 2. The van der Waals surface area contributed by atoms with Crippen LogP contribution in [0.15, 0.2) is 23.3 Å². The Hall–Kier alpha value is -1.38. The summed E-state index contributed by atoms with van der Waals surface area (Å²) in [7, 11) is 0. The van der Waals surface area contributed by atoms with Crippen LogP contribution in [0.25, 0.3) is 0 Å². The third-order valence-corrected chi connectivity index (χ3v) is 4.35. The van der Waals surface area contributed by atoms with E-state index in [-0.39, 0.29) is 23.1 Å². The maximum Gasteiger partial charge on any atom is 0.338 e. The van der Waals surface area contributed by atoms with E-state index in [1.807, 2.05) is 26.0 Å². The zero-order valence-corrected chi connectivity index (χ0v) is 13.8. The molecule has 1 aliphatic heterocycles.